The number of pyridine rings is 1. The Labute approximate surface area is 162 Å². The second kappa shape index (κ2) is 9.47. The first kappa shape index (κ1) is 19.3. The molecule has 1 N–H and O–H groups in total. The van der Waals surface area contributed by atoms with Gasteiger partial charge in [0.05, 0.1) is 0 Å². The van der Waals surface area contributed by atoms with Crippen LogP contribution >= 0.6 is 0 Å². The Morgan fingerprint density at radius 1 is 1.07 bits per heavy atom. The van der Waals surface area contributed by atoms with Crippen LogP contribution in [0.1, 0.15) is 37.0 Å². The average Bonchev–Trinajstić information content (AvgIpc) is 2.66. The van der Waals surface area contributed by atoms with E-state index in [0.717, 1.165) is 29.5 Å². The summed E-state index contributed by atoms with van der Waals surface area (Å²) in [5, 5.41) is 2.93. The molecule has 2 aromatic rings. The van der Waals surface area contributed by atoms with Gasteiger partial charge < -0.3 is 5.32 Å². The van der Waals surface area contributed by atoms with Crippen LogP contribution in [0.3, 0.4) is 0 Å². The molecule has 2 heterocycles. The molecule has 1 amide bonds. The summed E-state index contributed by atoms with van der Waals surface area (Å²) in [5.41, 5.74) is 3.42. The van der Waals surface area contributed by atoms with Crippen molar-refractivity contribution < 1.29 is 4.79 Å². The van der Waals surface area contributed by atoms with Crippen molar-refractivity contribution in [3.63, 3.8) is 0 Å². The summed E-state index contributed by atoms with van der Waals surface area (Å²) in [4.78, 5) is 18.5. The molecular weight excluding hydrogens is 334 g/mol. The number of amides is 1. The fraction of sp³-hybridized carbons (Fsp3) is 0.391. The lowest BCUT2D eigenvalue weighted by Crippen LogP contribution is -2.38. The number of benzene rings is 1. The second-order valence-corrected chi connectivity index (χ2v) is 7.79. The Balaban J connectivity index is 1.46. The van der Waals surface area contributed by atoms with Crippen LogP contribution in [0.25, 0.3) is 6.08 Å². The molecule has 1 aromatic carbocycles. The van der Waals surface area contributed by atoms with Crippen molar-refractivity contribution in [2.75, 3.05) is 13.1 Å². The molecule has 0 bridgehead atoms. The van der Waals surface area contributed by atoms with Crippen LogP contribution in [0.4, 0.5) is 0 Å². The van der Waals surface area contributed by atoms with E-state index in [1.54, 1.807) is 24.5 Å². The molecule has 1 aliphatic heterocycles. The molecule has 0 saturated carbocycles. The molecule has 0 radical (unpaired) electrons. The van der Waals surface area contributed by atoms with E-state index in [0.29, 0.717) is 6.54 Å². The van der Waals surface area contributed by atoms with Gasteiger partial charge in [0.2, 0.25) is 5.91 Å². The summed E-state index contributed by atoms with van der Waals surface area (Å²) < 4.78 is 0. The van der Waals surface area contributed by atoms with E-state index in [-0.39, 0.29) is 5.91 Å². The molecule has 1 aromatic heterocycles. The van der Waals surface area contributed by atoms with Crippen LogP contribution in [0.5, 0.6) is 0 Å². The monoisotopic (exact) mass is 363 g/mol. The van der Waals surface area contributed by atoms with Crippen molar-refractivity contribution in [1.82, 2.24) is 15.2 Å². The SMILES string of the molecule is CC1CC(C)CN(Cc2ccc(CNC(=O)/C=C/c3ccncc3)cc2)C1. The molecular formula is C23H29N3O. The highest BCUT2D eigenvalue weighted by Crippen LogP contribution is 2.22. The first-order valence-corrected chi connectivity index (χ1v) is 9.74. The van der Waals surface area contributed by atoms with Gasteiger partial charge in [0.15, 0.2) is 0 Å². The largest absolute Gasteiger partial charge is 0.348 e. The van der Waals surface area contributed by atoms with E-state index in [4.69, 9.17) is 0 Å². The van der Waals surface area contributed by atoms with Gasteiger partial charge in [0, 0.05) is 44.6 Å². The molecule has 2 atom stereocenters. The van der Waals surface area contributed by atoms with Crippen molar-refractivity contribution in [1.29, 1.82) is 0 Å². The standard InChI is InChI=1S/C23H29N3O/c1-18-13-19(2)16-26(15-18)17-22-5-3-21(4-6-22)14-25-23(27)8-7-20-9-11-24-12-10-20/h3-12,18-19H,13-17H2,1-2H3,(H,25,27)/b8-7+. The maximum Gasteiger partial charge on any atom is 0.244 e. The smallest absolute Gasteiger partial charge is 0.244 e. The van der Waals surface area contributed by atoms with Crippen LogP contribution in [0.15, 0.2) is 54.9 Å². The lowest BCUT2D eigenvalue weighted by molar-refractivity contribution is -0.116. The molecule has 4 nitrogen and oxygen atoms in total. The van der Waals surface area contributed by atoms with E-state index >= 15 is 0 Å². The number of piperidine rings is 1. The maximum atomic E-state index is 12.0. The predicted molar refractivity (Wildman–Crippen MR) is 110 cm³/mol. The Kier molecular flexibility index (Phi) is 6.77. The molecule has 142 valence electrons. The highest BCUT2D eigenvalue weighted by atomic mass is 16.1. The topological polar surface area (TPSA) is 45.2 Å². The van der Waals surface area contributed by atoms with Crippen LogP contribution in [-0.4, -0.2) is 28.9 Å². The zero-order valence-electron chi connectivity index (χ0n) is 16.3. The first-order chi connectivity index (χ1) is 13.1. The zero-order valence-corrected chi connectivity index (χ0v) is 16.3. The van der Waals surface area contributed by atoms with Gasteiger partial charge in [-0.25, -0.2) is 0 Å². The molecule has 4 heteroatoms. The fourth-order valence-electron chi connectivity index (χ4n) is 3.84. The number of nitrogens with zero attached hydrogens (tertiary/aromatic N) is 2. The summed E-state index contributed by atoms with van der Waals surface area (Å²) in [6, 6.07) is 12.3. The van der Waals surface area contributed by atoms with E-state index in [2.05, 4.69) is 53.3 Å². The molecule has 1 fully saturated rings. The number of hydrogen-bond acceptors (Lipinski definition) is 3. The van der Waals surface area contributed by atoms with E-state index in [1.807, 2.05) is 12.1 Å². The predicted octanol–water partition coefficient (Wildman–Crippen LogP) is 3.89. The molecule has 1 saturated heterocycles. The first-order valence-electron chi connectivity index (χ1n) is 9.74. The van der Waals surface area contributed by atoms with Gasteiger partial charge in [-0.15, -0.1) is 0 Å². The molecule has 27 heavy (non-hydrogen) atoms. The van der Waals surface area contributed by atoms with Gasteiger partial charge in [-0.2, -0.15) is 0 Å². The minimum atomic E-state index is -0.0906. The van der Waals surface area contributed by atoms with Crippen molar-refractivity contribution in [3.8, 4) is 0 Å². The summed E-state index contributed by atoms with van der Waals surface area (Å²) in [5.74, 6) is 1.47. The Bertz CT molecular complexity index is 745. The third-order valence-corrected chi connectivity index (χ3v) is 4.97. The number of rotatable bonds is 6. The van der Waals surface area contributed by atoms with Crippen LogP contribution in [-0.2, 0) is 17.9 Å². The lowest BCUT2D eigenvalue weighted by Gasteiger charge is -2.35. The summed E-state index contributed by atoms with van der Waals surface area (Å²) in [6.07, 6.45) is 8.11. The number of aromatic nitrogens is 1. The fourth-order valence-corrected chi connectivity index (χ4v) is 3.84. The molecule has 0 aliphatic carbocycles. The summed E-state index contributed by atoms with van der Waals surface area (Å²) >= 11 is 0. The van der Waals surface area contributed by atoms with Crippen LogP contribution < -0.4 is 5.32 Å². The van der Waals surface area contributed by atoms with E-state index in [1.165, 1.54) is 25.1 Å². The van der Waals surface area contributed by atoms with Crippen molar-refractivity contribution >= 4 is 12.0 Å². The van der Waals surface area contributed by atoms with Crippen LogP contribution in [0, 0.1) is 11.8 Å². The van der Waals surface area contributed by atoms with Gasteiger partial charge in [0.25, 0.3) is 0 Å². The Morgan fingerprint density at radius 3 is 2.37 bits per heavy atom. The average molecular weight is 364 g/mol. The Morgan fingerprint density at radius 2 is 1.70 bits per heavy atom. The number of hydrogen-bond donors (Lipinski definition) is 1. The molecule has 3 rings (SSSR count). The van der Waals surface area contributed by atoms with E-state index in [9.17, 15) is 4.79 Å². The van der Waals surface area contributed by atoms with Gasteiger partial charge >= 0.3 is 0 Å². The van der Waals surface area contributed by atoms with Gasteiger partial charge in [0.1, 0.15) is 0 Å². The zero-order chi connectivity index (χ0) is 19.1. The van der Waals surface area contributed by atoms with Gasteiger partial charge in [-0.3, -0.25) is 14.7 Å². The van der Waals surface area contributed by atoms with Crippen molar-refractivity contribution in [2.24, 2.45) is 11.8 Å². The molecule has 2 unspecified atom stereocenters. The minimum absolute atomic E-state index is 0.0906. The van der Waals surface area contributed by atoms with Crippen LogP contribution in [0.2, 0.25) is 0 Å². The number of nitrogens with one attached hydrogen (secondary N) is 1. The van der Waals surface area contributed by atoms with E-state index < -0.39 is 0 Å². The minimum Gasteiger partial charge on any atom is -0.348 e. The molecule has 1 aliphatic rings. The summed E-state index contributed by atoms with van der Waals surface area (Å²) in [7, 11) is 0. The Hall–Kier alpha value is -2.46. The third kappa shape index (κ3) is 6.33. The normalized spacial score (nSPS) is 20.7. The lowest BCUT2D eigenvalue weighted by atomic mass is 9.91. The third-order valence-electron chi connectivity index (χ3n) is 4.97. The highest BCUT2D eigenvalue weighted by Gasteiger charge is 2.21. The quantitative estimate of drug-likeness (QED) is 0.792. The number of carbonyl (C=O) groups excluding carboxylic acids is 1. The molecule has 0 spiro atoms. The van der Waals surface area contributed by atoms with Crippen molar-refractivity contribution in [3.05, 3.63) is 71.6 Å². The maximum absolute atomic E-state index is 12.0. The summed E-state index contributed by atoms with van der Waals surface area (Å²) in [6.45, 7) is 8.61. The van der Waals surface area contributed by atoms with Crippen molar-refractivity contribution in [2.45, 2.75) is 33.4 Å². The number of carbonyl (C=O) groups is 1. The van der Waals surface area contributed by atoms with Gasteiger partial charge in [-0.05, 0) is 53.2 Å². The van der Waals surface area contributed by atoms with Gasteiger partial charge in [-0.1, -0.05) is 38.1 Å². The highest BCUT2D eigenvalue weighted by molar-refractivity contribution is 5.91. The second-order valence-electron chi connectivity index (χ2n) is 7.79. The number of likely N-dealkylation sites (tertiary alicyclic amines) is 1.